The van der Waals surface area contributed by atoms with Crippen LogP contribution in [0.15, 0.2) is 4.52 Å². The van der Waals surface area contributed by atoms with Gasteiger partial charge in [-0.3, -0.25) is 4.79 Å². The van der Waals surface area contributed by atoms with Gasteiger partial charge in [0.25, 0.3) is 11.7 Å². The Labute approximate surface area is 178 Å². The molecule has 0 spiro atoms. The number of anilines is 1. The molecule has 0 atom stereocenters. The lowest BCUT2D eigenvalue weighted by atomic mass is 9.88. The maximum Gasteiger partial charge on any atom is 0.503 e. The standard InChI is InChI=1S/C17H18F3N3O3S.CH2O3/c18-17(19,20)16-22-14(26-23-16)12-10-6-7-25-8-11(10)27-15(12)21-13(24)9-4-2-1-3-5-9;2-1(3)4/h9H,1-8H2,(H,21,24);(H2,2,3,4). The van der Waals surface area contributed by atoms with Crippen LogP contribution in [-0.2, 0) is 28.7 Å². The second kappa shape index (κ2) is 9.64. The van der Waals surface area contributed by atoms with Crippen LogP contribution in [0.25, 0.3) is 11.5 Å². The summed E-state index contributed by atoms with van der Waals surface area (Å²) < 4.78 is 48.9. The van der Waals surface area contributed by atoms with Crippen molar-refractivity contribution < 1.29 is 42.2 Å². The van der Waals surface area contributed by atoms with Gasteiger partial charge in [0.2, 0.25) is 5.91 Å². The predicted molar refractivity (Wildman–Crippen MR) is 102 cm³/mol. The van der Waals surface area contributed by atoms with Crippen molar-refractivity contribution in [2.45, 2.75) is 51.3 Å². The first-order valence-electron chi connectivity index (χ1n) is 9.53. The number of thiophene rings is 1. The molecule has 13 heteroatoms. The van der Waals surface area contributed by atoms with E-state index in [2.05, 4.69) is 15.5 Å². The zero-order chi connectivity index (χ0) is 22.6. The predicted octanol–water partition coefficient (Wildman–Crippen LogP) is 4.63. The first kappa shape index (κ1) is 23.0. The number of amides is 1. The van der Waals surface area contributed by atoms with Gasteiger partial charge in [-0.05, 0) is 24.8 Å². The summed E-state index contributed by atoms with van der Waals surface area (Å²) in [6.45, 7) is 0.805. The van der Waals surface area contributed by atoms with Crippen LogP contribution < -0.4 is 5.32 Å². The topological polar surface area (TPSA) is 135 Å². The van der Waals surface area contributed by atoms with E-state index < -0.39 is 18.2 Å². The number of alkyl halides is 3. The third kappa shape index (κ3) is 5.73. The normalized spacial score (nSPS) is 16.7. The smallest absolute Gasteiger partial charge is 0.450 e. The van der Waals surface area contributed by atoms with Gasteiger partial charge in [-0.1, -0.05) is 24.4 Å². The number of carbonyl (C=O) groups excluding carboxylic acids is 1. The summed E-state index contributed by atoms with van der Waals surface area (Å²) in [4.78, 5) is 25.6. The first-order chi connectivity index (χ1) is 14.7. The van der Waals surface area contributed by atoms with Crippen LogP contribution in [0.3, 0.4) is 0 Å². The molecule has 1 amide bonds. The van der Waals surface area contributed by atoms with Gasteiger partial charge in [0.15, 0.2) is 0 Å². The van der Waals surface area contributed by atoms with Crippen molar-refractivity contribution in [1.29, 1.82) is 0 Å². The summed E-state index contributed by atoms with van der Waals surface area (Å²) in [5, 5.41) is 20.4. The van der Waals surface area contributed by atoms with E-state index in [4.69, 9.17) is 24.3 Å². The van der Waals surface area contributed by atoms with E-state index in [0.29, 0.717) is 30.2 Å². The van der Waals surface area contributed by atoms with Crippen LogP contribution in [-0.4, -0.2) is 39.0 Å². The van der Waals surface area contributed by atoms with Gasteiger partial charge in [0.1, 0.15) is 5.00 Å². The lowest BCUT2D eigenvalue weighted by Crippen LogP contribution is -2.24. The summed E-state index contributed by atoms with van der Waals surface area (Å²) in [6, 6.07) is 0. The minimum atomic E-state index is -4.69. The van der Waals surface area contributed by atoms with Crippen molar-refractivity contribution in [3.8, 4) is 11.5 Å². The molecular formula is C18H20F3N3O6S. The molecule has 9 nitrogen and oxygen atoms in total. The number of carboxylic acid groups (broad SMARTS) is 2. The second-order valence-corrected chi connectivity index (χ2v) is 8.14. The molecule has 2 aliphatic rings. The highest BCUT2D eigenvalue weighted by Gasteiger charge is 2.38. The van der Waals surface area contributed by atoms with E-state index in [9.17, 15) is 18.0 Å². The minimum absolute atomic E-state index is 0.0737. The summed E-state index contributed by atoms with van der Waals surface area (Å²) >= 11 is 1.30. The molecule has 0 bridgehead atoms. The van der Waals surface area contributed by atoms with Crippen molar-refractivity contribution in [3.63, 3.8) is 0 Å². The molecule has 3 N–H and O–H groups in total. The number of ether oxygens (including phenoxy) is 1. The van der Waals surface area contributed by atoms with Gasteiger partial charge in [-0.25, -0.2) is 4.79 Å². The van der Waals surface area contributed by atoms with Crippen LogP contribution >= 0.6 is 11.3 Å². The molecule has 170 valence electrons. The van der Waals surface area contributed by atoms with Gasteiger partial charge in [-0.2, -0.15) is 18.2 Å². The summed E-state index contributed by atoms with van der Waals surface area (Å²) in [7, 11) is 0. The van der Waals surface area contributed by atoms with Gasteiger partial charge < -0.3 is 24.8 Å². The van der Waals surface area contributed by atoms with Crippen molar-refractivity contribution in [3.05, 3.63) is 16.3 Å². The Bertz CT molecular complexity index is 933. The highest BCUT2D eigenvalue weighted by atomic mass is 32.1. The average molecular weight is 463 g/mol. The van der Waals surface area contributed by atoms with Crippen molar-refractivity contribution >= 4 is 28.4 Å². The maximum atomic E-state index is 12.9. The van der Waals surface area contributed by atoms with Crippen LogP contribution in [0.1, 0.15) is 48.4 Å². The monoisotopic (exact) mass is 463 g/mol. The van der Waals surface area contributed by atoms with E-state index in [1.54, 1.807) is 0 Å². The van der Waals surface area contributed by atoms with E-state index in [1.807, 2.05) is 0 Å². The number of halogens is 3. The Morgan fingerprint density at radius 1 is 1.16 bits per heavy atom. The van der Waals surface area contributed by atoms with E-state index in [-0.39, 0.29) is 17.7 Å². The zero-order valence-electron chi connectivity index (χ0n) is 16.2. The summed E-state index contributed by atoms with van der Waals surface area (Å²) in [5.74, 6) is -1.73. The number of hydrogen-bond acceptors (Lipinski definition) is 7. The van der Waals surface area contributed by atoms with E-state index in [1.165, 1.54) is 11.3 Å². The fourth-order valence-electron chi connectivity index (χ4n) is 3.57. The lowest BCUT2D eigenvalue weighted by Gasteiger charge is -2.20. The van der Waals surface area contributed by atoms with Crippen molar-refractivity contribution in [2.24, 2.45) is 5.92 Å². The van der Waals surface area contributed by atoms with Gasteiger partial charge in [0, 0.05) is 10.8 Å². The maximum absolute atomic E-state index is 12.9. The van der Waals surface area contributed by atoms with E-state index >= 15 is 0 Å². The van der Waals surface area contributed by atoms with Crippen molar-refractivity contribution in [2.75, 3.05) is 11.9 Å². The van der Waals surface area contributed by atoms with Crippen molar-refractivity contribution in [1.82, 2.24) is 10.1 Å². The SMILES string of the molecule is O=C(Nc1sc2c(c1-c1nc(C(F)(F)F)no1)CCOC2)C1CCCCC1.O=C(O)O. The molecule has 4 rings (SSSR count). The molecule has 0 unspecified atom stereocenters. The molecule has 1 fully saturated rings. The van der Waals surface area contributed by atoms with Crippen LogP contribution in [0.5, 0.6) is 0 Å². The molecule has 1 aliphatic heterocycles. The van der Waals surface area contributed by atoms with Crippen LogP contribution in [0.4, 0.5) is 23.0 Å². The number of hydrogen-bond donors (Lipinski definition) is 3. The first-order valence-corrected chi connectivity index (χ1v) is 10.3. The Morgan fingerprint density at radius 2 is 1.84 bits per heavy atom. The number of rotatable bonds is 3. The molecule has 0 radical (unpaired) electrons. The Balaban J connectivity index is 0.000000628. The molecule has 3 heterocycles. The Morgan fingerprint density at radius 3 is 2.45 bits per heavy atom. The minimum Gasteiger partial charge on any atom is -0.450 e. The third-order valence-corrected chi connectivity index (χ3v) is 6.05. The third-order valence-electron chi connectivity index (χ3n) is 4.93. The van der Waals surface area contributed by atoms with Crippen LogP contribution in [0, 0.1) is 5.92 Å². The zero-order valence-corrected chi connectivity index (χ0v) is 17.0. The Hall–Kier alpha value is -2.67. The van der Waals surface area contributed by atoms with Gasteiger partial charge in [-0.15, -0.1) is 11.3 Å². The summed E-state index contributed by atoms with van der Waals surface area (Å²) in [5.41, 5.74) is 1.20. The average Bonchev–Trinajstić information content (AvgIpc) is 3.32. The lowest BCUT2D eigenvalue weighted by molar-refractivity contribution is -0.146. The van der Waals surface area contributed by atoms with Gasteiger partial charge in [0.05, 0.1) is 18.8 Å². The molecule has 0 aromatic carbocycles. The number of nitrogens with zero attached hydrogens (tertiary/aromatic N) is 2. The molecule has 31 heavy (non-hydrogen) atoms. The number of aromatic nitrogens is 2. The molecular weight excluding hydrogens is 443 g/mol. The number of fused-ring (bicyclic) bond motifs is 1. The highest BCUT2D eigenvalue weighted by Crippen LogP contribution is 2.43. The number of nitrogens with one attached hydrogen (secondary N) is 1. The molecule has 1 saturated carbocycles. The molecule has 1 aliphatic carbocycles. The summed E-state index contributed by atoms with van der Waals surface area (Å²) in [6.07, 6.45) is -1.20. The Kier molecular flexibility index (Phi) is 7.15. The van der Waals surface area contributed by atoms with Crippen LogP contribution in [0.2, 0.25) is 0 Å². The highest BCUT2D eigenvalue weighted by molar-refractivity contribution is 7.17. The quantitative estimate of drug-likeness (QED) is 0.600. The van der Waals surface area contributed by atoms with E-state index in [0.717, 1.165) is 42.5 Å². The molecule has 2 aromatic rings. The number of carbonyl (C=O) groups is 2. The largest absolute Gasteiger partial charge is 0.503 e. The fourth-order valence-corrected chi connectivity index (χ4v) is 4.75. The van der Waals surface area contributed by atoms with Gasteiger partial charge >= 0.3 is 12.3 Å². The molecule has 0 saturated heterocycles. The fraction of sp³-hybridized carbons (Fsp3) is 0.556. The second-order valence-electron chi connectivity index (χ2n) is 7.04. The molecule has 2 aromatic heterocycles.